The van der Waals surface area contributed by atoms with Crippen molar-refractivity contribution in [3.63, 3.8) is 0 Å². The summed E-state index contributed by atoms with van der Waals surface area (Å²) in [6.45, 7) is 6.89. The van der Waals surface area contributed by atoms with Crippen LogP contribution in [0, 0.1) is 11.8 Å². The summed E-state index contributed by atoms with van der Waals surface area (Å²) in [5, 5.41) is 6.99. The minimum absolute atomic E-state index is 0.0666. The number of nitrogens with one attached hydrogen (secondary N) is 2. The second-order valence-electron chi connectivity index (χ2n) is 6.65. The van der Waals surface area contributed by atoms with Crippen LogP contribution in [-0.4, -0.2) is 31.6 Å². The third-order valence-corrected chi connectivity index (χ3v) is 5.12. The van der Waals surface area contributed by atoms with Crippen LogP contribution in [0.5, 0.6) is 5.75 Å². The molecule has 0 spiro atoms. The van der Waals surface area contributed by atoms with Crippen molar-refractivity contribution in [3.8, 4) is 5.75 Å². The van der Waals surface area contributed by atoms with Crippen molar-refractivity contribution in [3.05, 3.63) is 29.3 Å². The Morgan fingerprint density at radius 1 is 1.38 bits per heavy atom. The van der Waals surface area contributed by atoms with Gasteiger partial charge in [-0.05, 0) is 56.3 Å². The molecule has 1 amide bonds. The number of hydrogen-bond donors (Lipinski definition) is 2. The van der Waals surface area contributed by atoms with Crippen LogP contribution in [0.3, 0.4) is 0 Å². The van der Waals surface area contributed by atoms with Gasteiger partial charge in [0.25, 0.3) is 0 Å². The average molecular weight is 353 g/mol. The molecule has 0 saturated carbocycles. The van der Waals surface area contributed by atoms with Crippen LogP contribution in [0.2, 0.25) is 5.02 Å². The Labute approximate surface area is 150 Å². The van der Waals surface area contributed by atoms with Crippen molar-refractivity contribution in [1.29, 1.82) is 0 Å². The maximum Gasteiger partial charge on any atom is 0.220 e. The number of rotatable bonds is 8. The van der Waals surface area contributed by atoms with Gasteiger partial charge >= 0.3 is 0 Å². The Kier molecular flexibility index (Phi) is 7.86. The summed E-state index contributed by atoms with van der Waals surface area (Å²) in [6, 6.07) is 7.43. The molecule has 2 atom stereocenters. The summed E-state index contributed by atoms with van der Waals surface area (Å²) >= 11 is 6.13. The van der Waals surface area contributed by atoms with E-state index in [9.17, 15) is 4.79 Å². The molecular weight excluding hydrogens is 324 g/mol. The Balaban J connectivity index is 1.75. The van der Waals surface area contributed by atoms with Crippen LogP contribution in [0.15, 0.2) is 24.3 Å². The van der Waals surface area contributed by atoms with E-state index in [1.54, 1.807) is 0 Å². The van der Waals surface area contributed by atoms with E-state index in [2.05, 4.69) is 17.6 Å². The Morgan fingerprint density at radius 2 is 2.08 bits per heavy atom. The lowest BCUT2D eigenvalue weighted by Gasteiger charge is -2.28. The van der Waals surface area contributed by atoms with Gasteiger partial charge in [0.2, 0.25) is 5.91 Å². The number of para-hydroxylation sites is 1. The number of piperidine rings is 1. The van der Waals surface area contributed by atoms with Gasteiger partial charge in [0.1, 0.15) is 11.9 Å². The molecule has 0 aliphatic carbocycles. The molecule has 4 nitrogen and oxygen atoms in total. The first-order chi connectivity index (χ1) is 11.6. The summed E-state index contributed by atoms with van der Waals surface area (Å²) in [5.74, 6) is 1.86. The monoisotopic (exact) mass is 352 g/mol. The average Bonchev–Trinajstić information content (AvgIpc) is 2.60. The third-order valence-electron chi connectivity index (χ3n) is 4.81. The highest BCUT2D eigenvalue weighted by molar-refractivity contribution is 6.32. The maximum absolute atomic E-state index is 12.2. The first kappa shape index (κ1) is 19.1. The van der Waals surface area contributed by atoms with Crippen LogP contribution in [0.4, 0.5) is 0 Å². The molecule has 2 unspecified atom stereocenters. The molecule has 1 aliphatic heterocycles. The number of carbonyl (C=O) groups excluding carboxylic acids is 1. The van der Waals surface area contributed by atoms with Gasteiger partial charge in [-0.3, -0.25) is 4.79 Å². The van der Waals surface area contributed by atoms with Crippen LogP contribution in [-0.2, 0) is 4.79 Å². The largest absolute Gasteiger partial charge is 0.487 e. The normalized spacial score (nSPS) is 18.0. The minimum atomic E-state index is -0.0666. The molecule has 0 radical (unpaired) electrons. The fourth-order valence-corrected chi connectivity index (χ4v) is 3.34. The minimum Gasteiger partial charge on any atom is -0.487 e. The highest BCUT2D eigenvalue weighted by Gasteiger charge is 2.22. The first-order valence-corrected chi connectivity index (χ1v) is 9.36. The highest BCUT2D eigenvalue weighted by atomic mass is 35.5. The first-order valence-electron chi connectivity index (χ1n) is 8.98. The number of halogens is 1. The molecule has 2 N–H and O–H groups in total. The van der Waals surface area contributed by atoms with E-state index in [0.29, 0.717) is 35.6 Å². The molecular formula is C19H29ClN2O2. The molecule has 1 aromatic carbocycles. The van der Waals surface area contributed by atoms with E-state index >= 15 is 0 Å². The summed E-state index contributed by atoms with van der Waals surface area (Å²) in [7, 11) is 0. The molecule has 1 aliphatic rings. The number of amides is 1. The predicted molar refractivity (Wildman–Crippen MR) is 98.5 cm³/mol. The standard InChI is InChI=1S/C19H29ClN2O2/c1-3-16(24-18-7-5-4-6-17(18)20)13-22-19(23)12-14(2)15-8-10-21-11-9-15/h4-7,14-16,21H,3,8-13H2,1-2H3,(H,22,23). The van der Waals surface area contributed by atoms with Gasteiger partial charge in [-0.1, -0.05) is 37.6 Å². The fraction of sp³-hybridized carbons (Fsp3) is 0.632. The zero-order valence-corrected chi connectivity index (χ0v) is 15.4. The topological polar surface area (TPSA) is 50.4 Å². The lowest BCUT2D eigenvalue weighted by Crippen LogP contribution is -2.37. The molecule has 1 fully saturated rings. The van der Waals surface area contributed by atoms with Gasteiger partial charge in [0.15, 0.2) is 0 Å². The molecule has 2 rings (SSSR count). The maximum atomic E-state index is 12.2. The van der Waals surface area contributed by atoms with Crippen LogP contribution >= 0.6 is 11.6 Å². The summed E-state index contributed by atoms with van der Waals surface area (Å²) in [6.07, 6.45) is 3.68. The molecule has 134 valence electrons. The molecule has 5 heteroatoms. The summed E-state index contributed by atoms with van der Waals surface area (Å²) < 4.78 is 5.91. The van der Waals surface area contributed by atoms with Crippen LogP contribution in [0.1, 0.15) is 39.5 Å². The van der Waals surface area contributed by atoms with Crippen LogP contribution < -0.4 is 15.4 Å². The highest BCUT2D eigenvalue weighted by Crippen LogP contribution is 2.25. The van der Waals surface area contributed by atoms with Crippen molar-refractivity contribution >= 4 is 17.5 Å². The molecule has 0 aromatic heterocycles. The molecule has 1 saturated heterocycles. The van der Waals surface area contributed by atoms with Gasteiger partial charge in [-0.25, -0.2) is 0 Å². The predicted octanol–water partition coefficient (Wildman–Crippen LogP) is 3.64. The number of carbonyl (C=O) groups is 1. The zero-order chi connectivity index (χ0) is 17.4. The van der Waals surface area contributed by atoms with Crippen molar-refractivity contribution in [2.45, 2.75) is 45.6 Å². The fourth-order valence-electron chi connectivity index (χ4n) is 3.16. The smallest absolute Gasteiger partial charge is 0.220 e. The number of benzene rings is 1. The Morgan fingerprint density at radius 3 is 2.75 bits per heavy atom. The molecule has 0 bridgehead atoms. The van der Waals surface area contributed by atoms with Crippen LogP contribution in [0.25, 0.3) is 0 Å². The summed E-state index contributed by atoms with van der Waals surface area (Å²) in [4.78, 5) is 12.2. The Bertz CT molecular complexity index is 518. The Hall–Kier alpha value is -1.26. The summed E-state index contributed by atoms with van der Waals surface area (Å²) in [5.41, 5.74) is 0. The lowest BCUT2D eigenvalue weighted by atomic mass is 9.84. The van der Waals surface area contributed by atoms with Crippen molar-refractivity contribution in [1.82, 2.24) is 10.6 Å². The van der Waals surface area contributed by atoms with Gasteiger partial charge in [-0.15, -0.1) is 0 Å². The van der Waals surface area contributed by atoms with Gasteiger partial charge in [0, 0.05) is 6.42 Å². The van der Waals surface area contributed by atoms with Crippen molar-refractivity contribution < 1.29 is 9.53 Å². The van der Waals surface area contributed by atoms with Gasteiger partial charge in [0.05, 0.1) is 11.6 Å². The van der Waals surface area contributed by atoms with Gasteiger partial charge in [-0.2, -0.15) is 0 Å². The van der Waals surface area contributed by atoms with Crippen molar-refractivity contribution in [2.24, 2.45) is 11.8 Å². The van der Waals surface area contributed by atoms with Crippen molar-refractivity contribution in [2.75, 3.05) is 19.6 Å². The SMILES string of the molecule is CCC(CNC(=O)CC(C)C1CCNCC1)Oc1ccccc1Cl. The third kappa shape index (κ3) is 5.99. The second kappa shape index (κ2) is 9.90. The zero-order valence-electron chi connectivity index (χ0n) is 14.7. The molecule has 1 heterocycles. The van der Waals surface area contributed by atoms with E-state index in [1.165, 1.54) is 12.8 Å². The van der Waals surface area contributed by atoms with E-state index in [4.69, 9.17) is 16.3 Å². The lowest BCUT2D eigenvalue weighted by molar-refractivity contribution is -0.122. The number of ether oxygens (including phenoxy) is 1. The van der Waals surface area contributed by atoms with Gasteiger partial charge < -0.3 is 15.4 Å². The molecule has 24 heavy (non-hydrogen) atoms. The molecule has 1 aromatic rings. The van der Waals surface area contributed by atoms with E-state index in [-0.39, 0.29) is 12.0 Å². The second-order valence-corrected chi connectivity index (χ2v) is 7.06. The van der Waals surface area contributed by atoms with E-state index in [0.717, 1.165) is 19.5 Å². The van der Waals surface area contributed by atoms with E-state index < -0.39 is 0 Å². The van der Waals surface area contributed by atoms with E-state index in [1.807, 2.05) is 31.2 Å². The quantitative estimate of drug-likeness (QED) is 0.751. The number of hydrogen-bond acceptors (Lipinski definition) is 3.